The molecule has 4 heterocycles. The van der Waals surface area contributed by atoms with E-state index in [1.165, 1.54) is 24.6 Å². The second-order valence-electron chi connectivity index (χ2n) is 7.66. The van der Waals surface area contributed by atoms with Gasteiger partial charge in [-0.05, 0) is 43.2 Å². The van der Waals surface area contributed by atoms with E-state index in [9.17, 15) is 0 Å². The van der Waals surface area contributed by atoms with Gasteiger partial charge in [-0.3, -0.25) is 0 Å². The zero-order valence-electron chi connectivity index (χ0n) is 15.5. The Hall–Kier alpha value is -1.90. The van der Waals surface area contributed by atoms with E-state index in [-0.39, 0.29) is 0 Å². The molecule has 1 aliphatic carbocycles. The van der Waals surface area contributed by atoms with Crippen LogP contribution in [0.5, 0.6) is 0 Å². The lowest BCUT2D eigenvalue weighted by Crippen LogP contribution is -2.47. The van der Waals surface area contributed by atoms with E-state index < -0.39 is 0 Å². The molecule has 0 radical (unpaired) electrons. The number of hydrogen-bond donors (Lipinski definition) is 1. The van der Waals surface area contributed by atoms with Crippen molar-refractivity contribution in [3.05, 3.63) is 36.0 Å². The summed E-state index contributed by atoms with van der Waals surface area (Å²) in [4.78, 5) is 17.4. The van der Waals surface area contributed by atoms with Crippen molar-refractivity contribution in [3.63, 3.8) is 0 Å². The van der Waals surface area contributed by atoms with Gasteiger partial charge in [-0.2, -0.15) is 9.61 Å². The fourth-order valence-corrected chi connectivity index (χ4v) is 5.67. The average Bonchev–Trinajstić information content (AvgIpc) is 3.33. The molecule has 2 aliphatic rings. The molecule has 5 rings (SSSR count). The number of pyridine rings is 1. The van der Waals surface area contributed by atoms with Gasteiger partial charge >= 0.3 is 0 Å². The molecule has 3 aromatic rings. The van der Waals surface area contributed by atoms with E-state index >= 15 is 0 Å². The summed E-state index contributed by atoms with van der Waals surface area (Å²) in [6.45, 7) is 1.91. The number of halogens is 1. The first-order valence-electron chi connectivity index (χ1n) is 9.64. The maximum Gasteiger partial charge on any atom is 0.228 e. The topological polar surface area (TPSA) is 85.2 Å². The van der Waals surface area contributed by atoms with E-state index in [4.69, 9.17) is 22.3 Å². The first-order valence-corrected chi connectivity index (χ1v) is 10.8. The van der Waals surface area contributed by atoms with Crippen molar-refractivity contribution in [2.24, 2.45) is 11.1 Å². The maximum absolute atomic E-state index is 6.43. The lowest BCUT2D eigenvalue weighted by Gasteiger charge is -2.42. The molecular weight excluding hydrogens is 394 g/mol. The zero-order valence-corrected chi connectivity index (χ0v) is 17.0. The van der Waals surface area contributed by atoms with Crippen LogP contribution in [0.15, 0.2) is 40.6 Å². The number of aromatic nitrogens is 5. The van der Waals surface area contributed by atoms with Gasteiger partial charge in [0.15, 0.2) is 5.65 Å². The van der Waals surface area contributed by atoms with Crippen molar-refractivity contribution in [2.75, 3.05) is 18.0 Å². The van der Waals surface area contributed by atoms with E-state index in [0.717, 1.165) is 53.7 Å². The minimum Gasteiger partial charge on any atom is -0.341 e. The molecule has 146 valence electrons. The van der Waals surface area contributed by atoms with Crippen LogP contribution in [0.25, 0.3) is 5.65 Å². The number of fused-ring (bicyclic) bond motifs is 1. The Balaban J connectivity index is 1.41. The van der Waals surface area contributed by atoms with Crippen LogP contribution in [0.1, 0.15) is 32.1 Å². The third kappa shape index (κ3) is 3.03. The molecule has 1 spiro atoms. The summed E-state index contributed by atoms with van der Waals surface area (Å²) in [6, 6.07) is 4.15. The van der Waals surface area contributed by atoms with Crippen molar-refractivity contribution < 1.29 is 0 Å². The lowest BCUT2D eigenvalue weighted by molar-refractivity contribution is 0.196. The number of nitrogens with two attached hydrogens (primary N) is 1. The number of nitrogens with zero attached hydrogens (tertiary/aromatic N) is 6. The van der Waals surface area contributed by atoms with Crippen LogP contribution >= 0.6 is 23.4 Å². The molecule has 0 bridgehead atoms. The quantitative estimate of drug-likeness (QED) is 0.656. The lowest BCUT2D eigenvalue weighted by atomic mass is 9.74. The Labute approximate surface area is 172 Å². The van der Waals surface area contributed by atoms with Crippen LogP contribution in [-0.2, 0) is 0 Å². The Morgan fingerprint density at radius 1 is 1.14 bits per heavy atom. The SMILES string of the molecule is N[C@@H]1CCCC12CCN(c1ncc(Sc3cccnc3Cl)c3ncnn13)CC2. The summed E-state index contributed by atoms with van der Waals surface area (Å²) in [6.07, 6.45) is 11.0. The summed E-state index contributed by atoms with van der Waals surface area (Å²) in [5.41, 5.74) is 7.54. The molecule has 28 heavy (non-hydrogen) atoms. The van der Waals surface area contributed by atoms with Crippen molar-refractivity contribution in [1.82, 2.24) is 24.6 Å². The number of hydrogen-bond acceptors (Lipinski definition) is 7. The normalized spacial score (nSPS) is 21.6. The van der Waals surface area contributed by atoms with Crippen LogP contribution in [0, 0.1) is 5.41 Å². The summed E-state index contributed by atoms with van der Waals surface area (Å²) in [5.74, 6) is 0.843. The molecule has 2 fully saturated rings. The first kappa shape index (κ1) is 18.1. The third-order valence-electron chi connectivity index (χ3n) is 6.22. The number of piperidine rings is 1. The van der Waals surface area contributed by atoms with Crippen LogP contribution in [-0.4, -0.2) is 43.7 Å². The van der Waals surface area contributed by atoms with Crippen LogP contribution in [0.3, 0.4) is 0 Å². The highest BCUT2D eigenvalue weighted by atomic mass is 35.5. The molecule has 3 aromatic heterocycles. The summed E-state index contributed by atoms with van der Waals surface area (Å²) >= 11 is 7.71. The number of anilines is 1. The number of rotatable bonds is 3. The van der Waals surface area contributed by atoms with Gasteiger partial charge in [0.25, 0.3) is 0 Å². The molecular formula is C19H22ClN7S. The van der Waals surface area contributed by atoms with Gasteiger partial charge < -0.3 is 10.6 Å². The molecule has 0 unspecified atom stereocenters. The Kier molecular flexibility index (Phi) is 4.65. The van der Waals surface area contributed by atoms with Gasteiger partial charge in [0.2, 0.25) is 5.95 Å². The van der Waals surface area contributed by atoms with Gasteiger partial charge in [-0.1, -0.05) is 29.8 Å². The van der Waals surface area contributed by atoms with Crippen LogP contribution < -0.4 is 10.6 Å². The minimum absolute atomic E-state index is 0.324. The predicted octanol–water partition coefficient (Wildman–Crippen LogP) is 3.42. The van der Waals surface area contributed by atoms with E-state index in [0.29, 0.717) is 16.6 Å². The van der Waals surface area contributed by atoms with Gasteiger partial charge in [0, 0.05) is 36.4 Å². The second-order valence-corrected chi connectivity index (χ2v) is 9.10. The Morgan fingerprint density at radius 3 is 2.75 bits per heavy atom. The van der Waals surface area contributed by atoms with E-state index in [1.807, 2.05) is 22.8 Å². The van der Waals surface area contributed by atoms with Crippen molar-refractivity contribution in [2.45, 2.75) is 47.9 Å². The molecule has 1 saturated heterocycles. The van der Waals surface area contributed by atoms with Crippen molar-refractivity contribution in [1.29, 1.82) is 0 Å². The molecule has 1 aliphatic heterocycles. The molecule has 0 aromatic carbocycles. The highest BCUT2D eigenvalue weighted by Gasteiger charge is 2.43. The predicted molar refractivity (Wildman–Crippen MR) is 110 cm³/mol. The average molecular weight is 416 g/mol. The smallest absolute Gasteiger partial charge is 0.228 e. The van der Waals surface area contributed by atoms with Crippen molar-refractivity contribution >= 4 is 35.0 Å². The molecule has 9 heteroatoms. The summed E-state index contributed by atoms with van der Waals surface area (Å²) < 4.78 is 1.83. The van der Waals surface area contributed by atoms with Crippen molar-refractivity contribution in [3.8, 4) is 0 Å². The largest absolute Gasteiger partial charge is 0.341 e. The van der Waals surface area contributed by atoms with Gasteiger partial charge in [-0.15, -0.1) is 0 Å². The fourth-order valence-electron chi connectivity index (χ4n) is 4.58. The highest BCUT2D eigenvalue weighted by molar-refractivity contribution is 7.99. The van der Waals surface area contributed by atoms with Gasteiger partial charge in [-0.25, -0.2) is 15.0 Å². The second kappa shape index (κ2) is 7.17. The monoisotopic (exact) mass is 415 g/mol. The van der Waals surface area contributed by atoms with Crippen LogP contribution in [0.2, 0.25) is 5.15 Å². The van der Waals surface area contributed by atoms with Gasteiger partial charge in [0.05, 0.1) is 4.90 Å². The Bertz CT molecular complexity index is 999. The third-order valence-corrected chi connectivity index (χ3v) is 7.69. The molecule has 1 atom stereocenters. The summed E-state index contributed by atoms with van der Waals surface area (Å²) in [7, 11) is 0. The van der Waals surface area contributed by atoms with E-state index in [1.54, 1.807) is 12.5 Å². The maximum atomic E-state index is 6.43. The minimum atomic E-state index is 0.324. The van der Waals surface area contributed by atoms with Crippen LogP contribution in [0.4, 0.5) is 5.95 Å². The fraction of sp³-hybridized carbons (Fsp3) is 0.474. The van der Waals surface area contributed by atoms with E-state index in [2.05, 4.69) is 20.0 Å². The Morgan fingerprint density at radius 2 is 2.00 bits per heavy atom. The molecule has 2 N–H and O–H groups in total. The zero-order chi connectivity index (χ0) is 19.1. The first-order chi connectivity index (χ1) is 13.7. The standard InChI is InChI=1S/C19H22ClN7S/c20-16-13(3-2-8-22-16)28-14-11-23-18(27-17(14)24-12-25-27)26-9-6-19(7-10-26)5-1-4-15(19)21/h2-3,8,11-12,15H,1,4-7,9-10,21H2/t15-/m1/s1. The summed E-state index contributed by atoms with van der Waals surface area (Å²) in [5, 5.41) is 4.91. The van der Waals surface area contributed by atoms with Gasteiger partial charge in [0.1, 0.15) is 11.5 Å². The molecule has 7 nitrogen and oxygen atoms in total. The molecule has 1 saturated carbocycles. The molecule has 0 amide bonds. The highest BCUT2D eigenvalue weighted by Crippen LogP contribution is 2.46.